The first-order chi connectivity index (χ1) is 11.4. The molecule has 0 amide bonds. The first-order valence-electron chi connectivity index (χ1n) is 8.24. The van der Waals surface area contributed by atoms with Crippen molar-refractivity contribution < 1.29 is 0 Å². The maximum Gasteiger partial charge on any atom is 0.263 e. The molecule has 6 heteroatoms. The average molecular weight is 323 g/mol. The van der Waals surface area contributed by atoms with Crippen LogP contribution in [-0.2, 0) is 12.0 Å². The summed E-state index contributed by atoms with van der Waals surface area (Å²) < 4.78 is 1.79. The number of aromatic nitrogens is 4. The molecule has 2 N–H and O–H groups in total. The van der Waals surface area contributed by atoms with Gasteiger partial charge in [0.1, 0.15) is 5.39 Å². The minimum atomic E-state index is -0.229. The third-order valence-electron chi connectivity index (χ3n) is 4.55. The molecule has 0 unspecified atom stereocenters. The van der Waals surface area contributed by atoms with Gasteiger partial charge in [-0.1, -0.05) is 24.3 Å². The highest BCUT2D eigenvalue weighted by molar-refractivity contribution is 5.74. The highest BCUT2D eigenvalue weighted by Gasteiger charge is 2.25. The van der Waals surface area contributed by atoms with Crippen molar-refractivity contribution in [3.05, 3.63) is 51.9 Å². The van der Waals surface area contributed by atoms with Crippen LogP contribution in [0.2, 0.25) is 0 Å². The lowest BCUT2D eigenvalue weighted by atomic mass is 9.78. The summed E-state index contributed by atoms with van der Waals surface area (Å²) in [5.74, 6) is 0.970. The van der Waals surface area contributed by atoms with E-state index in [1.54, 1.807) is 10.9 Å². The van der Waals surface area contributed by atoms with E-state index in [0.717, 1.165) is 13.0 Å². The zero-order chi connectivity index (χ0) is 16.9. The summed E-state index contributed by atoms with van der Waals surface area (Å²) in [4.78, 5) is 19.7. The molecule has 4 rings (SSSR count). The van der Waals surface area contributed by atoms with Gasteiger partial charge in [-0.25, -0.2) is 4.68 Å². The number of benzene rings is 1. The molecule has 3 aromatic rings. The van der Waals surface area contributed by atoms with Gasteiger partial charge in [-0.15, -0.1) is 0 Å². The minimum absolute atomic E-state index is 0.160. The quantitative estimate of drug-likeness (QED) is 0.777. The third-order valence-corrected chi connectivity index (χ3v) is 4.55. The Hall–Kier alpha value is -2.63. The van der Waals surface area contributed by atoms with Crippen LogP contribution in [-0.4, -0.2) is 26.3 Å². The number of aromatic amines is 1. The molecule has 124 valence electrons. The van der Waals surface area contributed by atoms with E-state index in [-0.39, 0.29) is 11.1 Å². The second-order valence-corrected chi connectivity index (χ2v) is 7.36. The van der Waals surface area contributed by atoms with Crippen LogP contribution in [0.4, 0.5) is 5.95 Å². The Kier molecular flexibility index (Phi) is 3.23. The molecule has 1 aliphatic carbocycles. The normalized spacial score (nSPS) is 16.7. The molecule has 0 saturated carbocycles. The van der Waals surface area contributed by atoms with Crippen LogP contribution in [0, 0.1) is 0 Å². The SMILES string of the molecule is CC(C)(C)n1ncc2c(=O)[nH]c(NC[C@H]3Cc4ccccc43)nc21. The van der Waals surface area contributed by atoms with E-state index < -0.39 is 0 Å². The number of fused-ring (bicyclic) bond motifs is 2. The lowest BCUT2D eigenvalue weighted by Crippen LogP contribution is -2.26. The molecule has 0 saturated heterocycles. The maximum absolute atomic E-state index is 12.3. The number of nitrogens with zero attached hydrogens (tertiary/aromatic N) is 3. The van der Waals surface area contributed by atoms with Gasteiger partial charge >= 0.3 is 0 Å². The maximum atomic E-state index is 12.3. The Morgan fingerprint density at radius 2 is 2.12 bits per heavy atom. The second kappa shape index (κ2) is 5.19. The van der Waals surface area contributed by atoms with Crippen LogP contribution in [0.5, 0.6) is 0 Å². The molecule has 0 spiro atoms. The van der Waals surface area contributed by atoms with Crippen molar-refractivity contribution in [3.63, 3.8) is 0 Å². The van der Waals surface area contributed by atoms with Crippen LogP contribution in [0.15, 0.2) is 35.3 Å². The van der Waals surface area contributed by atoms with Crippen molar-refractivity contribution in [2.45, 2.75) is 38.6 Å². The summed E-state index contributed by atoms with van der Waals surface area (Å²) in [6.07, 6.45) is 2.65. The molecular formula is C18H21N5O. The molecule has 0 radical (unpaired) electrons. The average Bonchev–Trinajstić information content (AvgIpc) is 2.93. The third kappa shape index (κ3) is 2.38. The van der Waals surface area contributed by atoms with E-state index in [9.17, 15) is 4.79 Å². The summed E-state index contributed by atoms with van der Waals surface area (Å²) in [5.41, 5.74) is 3.02. The lowest BCUT2D eigenvalue weighted by Gasteiger charge is -2.30. The molecule has 1 aromatic carbocycles. The minimum Gasteiger partial charge on any atom is -0.355 e. The van der Waals surface area contributed by atoms with Gasteiger partial charge < -0.3 is 5.32 Å². The Labute approximate surface area is 139 Å². The van der Waals surface area contributed by atoms with E-state index in [1.165, 1.54) is 11.1 Å². The standard InChI is InChI=1S/C18H21N5O/c1-18(2,3)23-15-14(10-20-23)16(24)22-17(21-15)19-9-12-8-11-6-4-5-7-13(11)12/h4-7,10,12H,8-9H2,1-3H3,(H2,19,21,22,24)/t12-/m1/s1. The molecule has 24 heavy (non-hydrogen) atoms. The zero-order valence-corrected chi connectivity index (χ0v) is 14.1. The van der Waals surface area contributed by atoms with Gasteiger partial charge in [0.15, 0.2) is 5.65 Å². The van der Waals surface area contributed by atoms with Crippen molar-refractivity contribution >= 4 is 17.0 Å². The predicted octanol–water partition coefficient (Wildman–Crippen LogP) is 2.63. The fourth-order valence-corrected chi connectivity index (χ4v) is 3.26. The highest BCUT2D eigenvalue weighted by Crippen LogP contribution is 2.34. The first-order valence-corrected chi connectivity index (χ1v) is 8.24. The Morgan fingerprint density at radius 1 is 1.33 bits per heavy atom. The van der Waals surface area contributed by atoms with E-state index in [0.29, 0.717) is 22.9 Å². The van der Waals surface area contributed by atoms with Crippen molar-refractivity contribution in [1.82, 2.24) is 19.7 Å². The number of nitrogens with one attached hydrogen (secondary N) is 2. The topological polar surface area (TPSA) is 75.6 Å². The van der Waals surface area contributed by atoms with E-state index >= 15 is 0 Å². The van der Waals surface area contributed by atoms with Crippen molar-refractivity contribution in [2.24, 2.45) is 0 Å². The van der Waals surface area contributed by atoms with Crippen LogP contribution in [0.3, 0.4) is 0 Å². The summed E-state index contributed by atoms with van der Waals surface area (Å²) in [5, 5.41) is 8.13. The molecule has 0 aliphatic heterocycles. The van der Waals surface area contributed by atoms with Gasteiger partial charge in [-0.05, 0) is 38.3 Å². The molecule has 0 fully saturated rings. The van der Waals surface area contributed by atoms with E-state index in [2.05, 4.69) is 44.6 Å². The zero-order valence-electron chi connectivity index (χ0n) is 14.1. The smallest absolute Gasteiger partial charge is 0.263 e. The summed E-state index contributed by atoms with van der Waals surface area (Å²) in [6.45, 7) is 6.89. The number of hydrogen-bond donors (Lipinski definition) is 2. The second-order valence-electron chi connectivity index (χ2n) is 7.36. The summed E-state index contributed by atoms with van der Waals surface area (Å²) in [7, 11) is 0. The first kappa shape index (κ1) is 14.9. The molecule has 6 nitrogen and oxygen atoms in total. The highest BCUT2D eigenvalue weighted by atomic mass is 16.1. The van der Waals surface area contributed by atoms with Crippen LogP contribution < -0.4 is 10.9 Å². The molecular weight excluding hydrogens is 302 g/mol. The van der Waals surface area contributed by atoms with Gasteiger partial charge in [0, 0.05) is 12.5 Å². The number of H-pyrrole nitrogens is 1. The van der Waals surface area contributed by atoms with Gasteiger partial charge in [0.2, 0.25) is 5.95 Å². The monoisotopic (exact) mass is 323 g/mol. The molecule has 1 atom stereocenters. The molecule has 0 bridgehead atoms. The van der Waals surface area contributed by atoms with Crippen LogP contribution >= 0.6 is 0 Å². The van der Waals surface area contributed by atoms with Crippen LogP contribution in [0.25, 0.3) is 11.0 Å². The number of anilines is 1. The van der Waals surface area contributed by atoms with E-state index in [1.807, 2.05) is 20.8 Å². The van der Waals surface area contributed by atoms with Crippen molar-refractivity contribution in [2.75, 3.05) is 11.9 Å². The predicted molar refractivity (Wildman–Crippen MR) is 94.5 cm³/mol. The van der Waals surface area contributed by atoms with Crippen LogP contribution in [0.1, 0.15) is 37.8 Å². The van der Waals surface area contributed by atoms with Gasteiger partial charge in [-0.2, -0.15) is 10.1 Å². The molecule has 2 aromatic heterocycles. The van der Waals surface area contributed by atoms with Gasteiger partial charge in [-0.3, -0.25) is 9.78 Å². The van der Waals surface area contributed by atoms with Gasteiger partial charge in [0.05, 0.1) is 11.7 Å². The fraction of sp³-hybridized carbons (Fsp3) is 0.389. The number of hydrogen-bond acceptors (Lipinski definition) is 4. The Bertz CT molecular complexity index is 963. The molecule has 1 aliphatic rings. The van der Waals surface area contributed by atoms with E-state index in [4.69, 9.17) is 0 Å². The Balaban J connectivity index is 1.60. The largest absolute Gasteiger partial charge is 0.355 e. The van der Waals surface area contributed by atoms with Crippen molar-refractivity contribution in [1.29, 1.82) is 0 Å². The fourth-order valence-electron chi connectivity index (χ4n) is 3.26. The summed E-state index contributed by atoms with van der Waals surface area (Å²) >= 11 is 0. The van der Waals surface area contributed by atoms with Gasteiger partial charge in [0.25, 0.3) is 5.56 Å². The number of rotatable bonds is 3. The molecule has 2 heterocycles. The lowest BCUT2D eigenvalue weighted by molar-refractivity contribution is 0.366. The van der Waals surface area contributed by atoms with Crippen molar-refractivity contribution in [3.8, 4) is 0 Å². The summed E-state index contributed by atoms with van der Waals surface area (Å²) in [6, 6.07) is 8.47. The Morgan fingerprint density at radius 3 is 2.88 bits per heavy atom.